The fraction of sp³-hybridized carbons (Fsp3) is 0.350. The largest absolute Gasteiger partial charge is 0.497 e. The van der Waals surface area contributed by atoms with Crippen LogP contribution in [-0.4, -0.2) is 52.5 Å². The summed E-state index contributed by atoms with van der Waals surface area (Å²) in [4.78, 5) is 14.6. The highest BCUT2D eigenvalue weighted by atomic mass is 32.2. The second kappa shape index (κ2) is 10.1. The number of carbonyl (C=O) groups is 1. The number of hydrogen-bond donors (Lipinski definition) is 2. The number of anilines is 1. The van der Waals surface area contributed by atoms with E-state index in [0.717, 1.165) is 19.6 Å². The lowest BCUT2D eigenvalue weighted by molar-refractivity contribution is 0.0948. The summed E-state index contributed by atoms with van der Waals surface area (Å²) in [5.41, 5.74) is 0.715. The third-order valence-corrected chi connectivity index (χ3v) is 5.74. The minimum atomic E-state index is -3.81. The Kier molecular flexibility index (Phi) is 7.83. The topological polar surface area (TPSA) is 87.7 Å². The highest BCUT2D eigenvalue weighted by Crippen LogP contribution is 2.20. The van der Waals surface area contributed by atoms with Crippen LogP contribution in [0.3, 0.4) is 0 Å². The van der Waals surface area contributed by atoms with E-state index in [9.17, 15) is 13.2 Å². The lowest BCUT2D eigenvalue weighted by Gasteiger charge is -2.18. The van der Waals surface area contributed by atoms with Gasteiger partial charge in [-0.1, -0.05) is 19.9 Å². The molecule has 0 aliphatic rings. The number of rotatable bonds is 10. The molecule has 0 bridgehead atoms. The van der Waals surface area contributed by atoms with E-state index in [-0.39, 0.29) is 10.8 Å². The lowest BCUT2D eigenvalue weighted by atomic mass is 10.2. The molecule has 0 heterocycles. The second-order valence-electron chi connectivity index (χ2n) is 6.14. The summed E-state index contributed by atoms with van der Waals surface area (Å²) in [7, 11) is -2.27. The normalized spacial score (nSPS) is 11.3. The molecule has 0 saturated carbocycles. The van der Waals surface area contributed by atoms with Crippen molar-refractivity contribution in [3.05, 3.63) is 54.1 Å². The standard InChI is InChI=1S/C20H27N3O4S/c1-4-23(5-2)14-13-21-20(24)16-7-6-8-19(15-16)28(25,26)22-17-9-11-18(27-3)12-10-17/h6-12,15,22H,4-5,13-14H2,1-3H3,(H,21,24). The summed E-state index contributed by atoms with van der Waals surface area (Å²) in [5.74, 6) is 0.333. The molecule has 0 aromatic heterocycles. The maximum atomic E-state index is 12.6. The molecule has 0 spiro atoms. The van der Waals surface area contributed by atoms with Crippen molar-refractivity contribution < 1.29 is 17.9 Å². The number of sulfonamides is 1. The minimum absolute atomic E-state index is 0.0275. The van der Waals surface area contributed by atoms with Gasteiger partial charge in [0.25, 0.3) is 15.9 Å². The molecule has 0 aliphatic carbocycles. The molecule has 2 rings (SSSR count). The van der Waals surface area contributed by atoms with Gasteiger partial charge in [-0.05, 0) is 55.6 Å². The van der Waals surface area contributed by atoms with Crippen LogP contribution in [0.1, 0.15) is 24.2 Å². The Morgan fingerprint density at radius 2 is 1.75 bits per heavy atom. The molecule has 0 fully saturated rings. The fourth-order valence-electron chi connectivity index (χ4n) is 2.65. The third-order valence-electron chi connectivity index (χ3n) is 4.36. The van der Waals surface area contributed by atoms with E-state index in [1.165, 1.54) is 19.2 Å². The van der Waals surface area contributed by atoms with Gasteiger partial charge in [-0.15, -0.1) is 0 Å². The summed E-state index contributed by atoms with van der Waals surface area (Å²) in [6.07, 6.45) is 0. The van der Waals surface area contributed by atoms with Crippen LogP contribution >= 0.6 is 0 Å². The quantitative estimate of drug-likeness (QED) is 0.634. The van der Waals surface area contributed by atoms with Crippen LogP contribution in [-0.2, 0) is 10.0 Å². The minimum Gasteiger partial charge on any atom is -0.497 e. The van der Waals surface area contributed by atoms with Crippen molar-refractivity contribution in [1.82, 2.24) is 10.2 Å². The number of amides is 1. The van der Waals surface area contributed by atoms with Crippen LogP contribution in [0.25, 0.3) is 0 Å². The summed E-state index contributed by atoms with van der Waals surface area (Å²) in [6.45, 7) is 7.20. The van der Waals surface area contributed by atoms with Gasteiger partial charge in [-0.25, -0.2) is 8.42 Å². The van der Waals surface area contributed by atoms with Crippen molar-refractivity contribution >= 4 is 21.6 Å². The molecule has 28 heavy (non-hydrogen) atoms. The summed E-state index contributed by atoms with van der Waals surface area (Å²) >= 11 is 0. The lowest BCUT2D eigenvalue weighted by Crippen LogP contribution is -2.34. The zero-order chi connectivity index (χ0) is 20.6. The van der Waals surface area contributed by atoms with Crippen LogP contribution in [0.5, 0.6) is 5.75 Å². The number of ether oxygens (including phenoxy) is 1. The van der Waals surface area contributed by atoms with Gasteiger partial charge >= 0.3 is 0 Å². The molecular weight excluding hydrogens is 378 g/mol. The van der Waals surface area contributed by atoms with Crippen LogP contribution in [0.15, 0.2) is 53.4 Å². The van der Waals surface area contributed by atoms with Gasteiger partial charge in [0, 0.05) is 24.3 Å². The highest BCUT2D eigenvalue weighted by Gasteiger charge is 2.16. The first-order valence-electron chi connectivity index (χ1n) is 9.17. The van der Waals surface area contributed by atoms with E-state index >= 15 is 0 Å². The number of benzene rings is 2. The summed E-state index contributed by atoms with van der Waals surface area (Å²) < 4.78 is 32.8. The van der Waals surface area contributed by atoms with E-state index in [1.807, 2.05) is 0 Å². The van der Waals surface area contributed by atoms with Gasteiger partial charge in [0.2, 0.25) is 0 Å². The number of hydrogen-bond acceptors (Lipinski definition) is 5. The number of nitrogens with one attached hydrogen (secondary N) is 2. The van der Waals surface area contributed by atoms with E-state index in [1.54, 1.807) is 36.4 Å². The Bertz CT molecular complexity index is 879. The molecule has 2 N–H and O–H groups in total. The van der Waals surface area contributed by atoms with Crippen LogP contribution in [0.2, 0.25) is 0 Å². The van der Waals surface area contributed by atoms with E-state index in [4.69, 9.17) is 4.74 Å². The number of likely N-dealkylation sites (N-methyl/N-ethyl adjacent to an activating group) is 1. The second-order valence-corrected chi connectivity index (χ2v) is 7.83. The zero-order valence-electron chi connectivity index (χ0n) is 16.4. The maximum Gasteiger partial charge on any atom is 0.261 e. The molecule has 2 aromatic carbocycles. The third kappa shape index (κ3) is 5.97. The smallest absolute Gasteiger partial charge is 0.261 e. The summed E-state index contributed by atoms with van der Waals surface area (Å²) in [6, 6.07) is 12.5. The average Bonchev–Trinajstić information content (AvgIpc) is 2.71. The molecule has 2 aromatic rings. The monoisotopic (exact) mass is 405 g/mol. The Hall–Kier alpha value is -2.58. The van der Waals surface area contributed by atoms with Crippen molar-refractivity contribution in [1.29, 1.82) is 0 Å². The Morgan fingerprint density at radius 1 is 1.07 bits per heavy atom. The van der Waals surface area contributed by atoms with Crippen LogP contribution < -0.4 is 14.8 Å². The fourth-order valence-corrected chi connectivity index (χ4v) is 3.75. The molecule has 0 aliphatic heterocycles. The van der Waals surface area contributed by atoms with E-state index in [2.05, 4.69) is 28.8 Å². The molecule has 1 amide bonds. The number of methoxy groups -OCH3 is 1. The van der Waals surface area contributed by atoms with Gasteiger partial charge < -0.3 is 15.0 Å². The first kappa shape index (κ1) is 21.7. The number of nitrogens with zero attached hydrogens (tertiary/aromatic N) is 1. The number of carbonyl (C=O) groups excluding carboxylic acids is 1. The molecule has 0 unspecified atom stereocenters. The van der Waals surface area contributed by atoms with Crippen LogP contribution in [0, 0.1) is 0 Å². The van der Waals surface area contributed by atoms with Crippen molar-refractivity contribution in [2.24, 2.45) is 0 Å². The van der Waals surface area contributed by atoms with E-state index < -0.39 is 10.0 Å². The zero-order valence-corrected chi connectivity index (χ0v) is 17.3. The predicted octanol–water partition coefficient (Wildman–Crippen LogP) is 2.57. The van der Waals surface area contributed by atoms with Crippen molar-refractivity contribution in [2.45, 2.75) is 18.7 Å². The molecule has 7 nitrogen and oxygen atoms in total. The van der Waals surface area contributed by atoms with Gasteiger partial charge in [0.1, 0.15) is 5.75 Å². The van der Waals surface area contributed by atoms with Gasteiger partial charge in [-0.2, -0.15) is 0 Å². The first-order chi connectivity index (χ1) is 13.4. The highest BCUT2D eigenvalue weighted by molar-refractivity contribution is 7.92. The van der Waals surface area contributed by atoms with Crippen molar-refractivity contribution in [2.75, 3.05) is 38.0 Å². The van der Waals surface area contributed by atoms with Gasteiger partial charge in [0.15, 0.2) is 0 Å². The Balaban J connectivity index is 2.06. The average molecular weight is 406 g/mol. The molecule has 0 saturated heterocycles. The predicted molar refractivity (Wildman–Crippen MR) is 110 cm³/mol. The molecule has 0 radical (unpaired) electrons. The van der Waals surface area contributed by atoms with E-state index in [0.29, 0.717) is 23.5 Å². The molecule has 8 heteroatoms. The van der Waals surface area contributed by atoms with Gasteiger partial charge in [0.05, 0.1) is 12.0 Å². The van der Waals surface area contributed by atoms with Crippen molar-refractivity contribution in [3.8, 4) is 5.75 Å². The van der Waals surface area contributed by atoms with Crippen molar-refractivity contribution in [3.63, 3.8) is 0 Å². The molecule has 152 valence electrons. The first-order valence-corrected chi connectivity index (χ1v) is 10.7. The SMILES string of the molecule is CCN(CC)CCNC(=O)c1cccc(S(=O)(=O)Nc2ccc(OC)cc2)c1. The van der Waals surface area contributed by atoms with Gasteiger partial charge in [-0.3, -0.25) is 9.52 Å². The maximum absolute atomic E-state index is 12.6. The Morgan fingerprint density at radius 3 is 2.36 bits per heavy atom. The summed E-state index contributed by atoms with van der Waals surface area (Å²) in [5, 5.41) is 2.83. The molecular formula is C20H27N3O4S. The Labute approximate surface area is 166 Å². The van der Waals surface area contributed by atoms with Crippen LogP contribution in [0.4, 0.5) is 5.69 Å². The molecule has 0 atom stereocenters.